The molecule has 1 aliphatic heterocycles. The second-order valence-corrected chi connectivity index (χ2v) is 6.60. The molecule has 1 N–H and O–H groups in total. The Kier molecular flexibility index (Phi) is 4.37. The zero-order valence-electron chi connectivity index (χ0n) is 12.6. The normalized spacial score (nSPS) is 21.9. The van der Waals surface area contributed by atoms with Gasteiger partial charge in [0.25, 0.3) is 0 Å². The van der Waals surface area contributed by atoms with Gasteiger partial charge in [0.1, 0.15) is 12.1 Å². The number of aromatic nitrogens is 2. The molecule has 0 spiro atoms. The van der Waals surface area contributed by atoms with Gasteiger partial charge < -0.3 is 10.0 Å². The van der Waals surface area contributed by atoms with Gasteiger partial charge in [0.05, 0.1) is 16.3 Å². The van der Waals surface area contributed by atoms with Gasteiger partial charge in [-0.25, -0.2) is 9.97 Å². The van der Waals surface area contributed by atoms with Crippen LogP contribution in [0.4, 0.5) is 5.82 Å². The highest BCUT2D eigenvalue weighted by Gasteiger charge is 2.28. The molecule has 3 rings (SSSR count). The second kappa shape index (κ2) is 6.25. The van der Waals surface area contributed by atoms with E-state index in [1.54, 1.807) is 17.7 Å². The van der Waals surface area contributed by atoms with Crippen molar-refractivity contribution in [3.8, 4) is 0 Å². The number of hydrogen-bond acceptors (Lipinski definition) is 6. The van der Waals surface area contributed by atoms with E-state index in [4.69, 9.17) is 0 Å². The quantitative estimate of drug-likeness (QED) is 0.936. The van der Waals surface area contributed by atoms with E-state index in [2.05, 4.69) is 32.1 Å². The first-order valence-corrected chi connectivity index (χ1v) is 8.42. The number of hydrogen-bond donors (Lipinski definition) is 1. The van der Waals surface area contributed by atoms with Crippen LogP contribution in [0.3, 0.4) is 0 Å². The summed E-state index contributed by atoms with van der Waals surface area (Å²) in [7, 11) is 0. The average Bonchev–Trinajstić information content (AvgIpc) is 2.95. The number of thiophene rings is 1. The molecule has 0 bridgehead atoms. The third kappa shape index (κ3) is 3.02. The van der Waals surface area contributed by atoms with Crippen LogP contribution in [0.25, 0.3) is 10.2 Å². The number of rotatable bonds is 4. The minimum absolute atomic E-state index is 0.270. The Morgan fingerprint density at radius 3 is 3.05 bits per heavy atom. The Morgan fingerprint density at radius 1 is 1.43 bits per heavy atom. The highest BCUT2D eigenvalue weighted by atomic mass is 32.1. The van der Waals surface area contributed by atoms with E-state index in [1.807, 2.05) is 13.0 Å². The smallest absolute Gasteiger partial charge is 0.150 e. The molecule has 0 saturated carbocycles. The van der Waals surface area contributed by atoms with Gasteiger partial charge in [0.15, 0.2) is 0 Å². The topological polar surface area (TPSA) is 52.5 Å². The van der Waals surface area contributed by atoms with Crippen LogP contribution in [0, 0.1) is 0 Å². The molecule has 1 fully saturated rings. The molecule has 2 atom stereocenters. The van der Waals surface area contributed by atoms with Gasteiger partial charge in [-0.3, -0.25) is 4.90 Å². The Balaban J connectivity index is 1.80. The maximum atomic E-state index is 9.64. The number of aliphatic hydroxyl groups is 1. The standard InChI is InChI=1S/C15H22N4OS/c1-3-12-9-19(6-5-18(12)8-11(2)20)15-14-13(4-7-21-14)16-10-17-15/h4,7,10-12,20H,3,5-6,8-9H2,1-2H3/t11-,12-/m0/s1. The fourth-order valence-electron chi connectivity index (χ4n) is 3.05. The number of β-amino-alcohol motifs (C(OH)–C–C–N with tert-alkyl or cyclic N) is 1. The lowest BCUT2D eigenvalue weighted by molar-refractivity contribution is 0.0885. The predicted octanol–water partition coefficient (Wildman–Crippen LogP) is 1.97. The molecule has 6 heteroatoms. The molecule has 2 aromatic rings. The molecule has 0 aromatic carbocycles. The molecule has 0 aliphatic carbocycles. The summed E-state index contributed by atoms with van der Waals surface area (Å²) in [6, 6.07) is 2.52. The summed E-state index contributed by atoms with van der Waals surface area (Å²) in [4.78, 5) is 13.6. The van der Waals surface area contributed by atoms with Gasteiger partial charge in [-0.05, 0) is 24.8 Å². The van der Waals surface area contributed by atoms with Crippen molar-refractivity contribution < 1.29 is 5.11 Å². The Morgan fingerprint density at radius 2 is 2.29 bits per heavy atom. The van der Waals surface area contributed by atoms with E-state index in [0.29, 0.717) is 6.04 Å². The third-order valence-corrected chi connectivity index (χ3v) is 5.00. The Bertz CT molecular complexity index is 600. The molecule has 3 heterocycles. The Labute approximate surface area is 129 Å². The van der Waals surface area contributed by atoms with Crippen LogP contribution in [0.15, 0.2) is 17.8 Å². The molecule has 0 radical (unpaired) electrons. The van der Waals surface area contributed by atoms with Crippen LogP contribution >= 0.6 is 11.3 Å². The van der Waals surface area contributed by atoms with Crippen molar-refractivity contribution in [1.29, 1.82) is 0 Å². The van der Waals surface area contributed by atoms with Gasteiger partial charge in [-0.2, -0.15) is 0 Å². The van der Waals surface area contributed by atoms with E-state index in [1.165, 1.54) is 4.70 Å². The molecular weight excluding hydrogens is 284 g/mol. The van der Waals surface area contributed by atoms with Crippen LogP contribution in [-0.2, 0) is 0 Å². The molecule has 21 heavy (non-hydrogen) atoms. The maximum absolute atomic E-state index is 9.64. The van der Waals surface area contributed by atoms with E-state index in [9.17, 15) is 5.11 Å². The number of nitrogens with zero attached hydrogens (tertiary/aromatic N) is 4. The van der Waals surface area contributed by atoms with E-state index < -0.39 is 0 Å². The predicted molar refractivity (Wildman–Crippen MR) is 87.0 cm³/mol. The summed E-state index contributed by atoms with van der Waals surface area (Å²) in [5, 5.41) is 11.7. The molecule has 1 aliphatic rings. The Hall–Kier alpha value is -1.24. The number of piperazine rings is 1. The number of aliphatic hydroxyl groups excluding tert-OH is 1. The van der Waals surface area contributed by atoms with Crippen molar-refractivity contribution in [1.82, 2.24) is 14.9 Å². The second-order valence-electron chi connectivity index (χ2n) is 5.68. The summed E-state index contributed by atoms with van der Waals surface area (Å²) in [5.41, 5.74) is 1.03. The summed E-state index contributed by atoms with van der Waals surface area (Å²) in [6.45, 7) is 7.72. The lowest BCUT2D eigenvalue weighted by Gasteiger charge is -2.42. The first kappa shape index (κ1) is 14.7. The fourth-order valence-corrected chi connectivity index (χ4v) is 3.92. The summed E-state index contributed by atoms with van der Waals surface area (Å²) < 4.78 is 1.18. The fraction of sp³-hybridized carbons (Fsp3) is 0.600. The van der Waals surface area contributed by atoms with Gasteiger partial charge in [0, 0.05) is 32.2 Å². The summed E-state index contributed by atoms with van der Waals surface area (Å²) >= 11 is 1.71. The van der Waals surface area contributed by atoms with Crippen LogP contribution in [0.5, 0.6) is 0 Å². The van der Waals surface area contributed by atoms with E-state index in [-0.39, 0.29) is 6.10 Å². The van der Waals surface area contributed by atoms with Gasteiger partial charge in [-0.1, -0.05) is 6.92 Å². The van der Waals surface area contributed by atoms with Crippen molar-refractivity contribution >= 4 is 27.4 Å². The van der Waals surface area contributed by atoms with Crippen LogP contribution in [-0.4, -0.2) is 58.3 Å². The zero-order chi connectivity index (χ0) is 14.8. The lowest BCUT2D eigenvalue weighted by atomic mass is 10.1. The van der Waals surface area contributed by atoms with Gasteiger partial charge >= 0.3 is 0 Å². The van der Waals surface area contributed by atoms with Crippen LogP contribution < -0.4 is 4.90 Å². The summed E-state index contributed by atoms with van der Waals surface area (Å²) in [6.07, 6.45) is 2.48. The average molecular weight is 306 g/mol. The zero-order valence-corrected chi connectivity index (χ0v) is 13.4. The van der Waals surface area contributed by atoms with Crippen molar-refractivity contribution in [2.75, 3.05) is 31.1 Å². The first-order chi connectivity index (χ1) is 10.2. The van der Waals surface area contributed by atoms with E-state index >= 15 is 0 Å². The SMILES string of the molecule is CC[C@H]1CN(c2ncnc3ccsc23)CCN1C[C@H](C)O. The minimum atomic E-state index is -0.270. The molecule has 0 amide bonds. The van der Waals surface area contributed by atoms with Crippen molar-refractivity contribution in [3.05, 3.63) is 17.8 Å². The molecule has 0 unspecified atom stereocenters. The molecule has 114 valence electrons. The lowest BCUT2D eigenvalue weighted by Crippen LogP contribution is -2.54. The monoisotopic (exact) mass is 306 g/mol. The highest BCUT2D eigenvalue weighted by Crippen LogP contribution is 2.29. The maximum Gasteiger partial charge on any atom is 0.150 e. The molecular formula is C15H22N4OS. The van der Waals surface area contributed by atoms with Crippen LogP contribution in [0.1, 0.15) is 20.3 Å². The van der Waals surface area contributed by atoms with Crippen molar-refractivity contribution in [3.63, 3.8) is 0 Å². The van der Waals surface area contributed by atoms with Crippen molar-refractivity contribution in [2.45, 2.75) is 32.4 Å². The molecule has 2 aromatic heterocycles. The van der Waals surface area contributed by atoms with Crippen LogP contribution in [0.2, 0.25) is 0 Å². The largest absolute Gasteiger partial charge is 0.392 e. The van der Waals surface area contributed by atoms with Gasteiger partial charge in [-0.15, -0.1) is 11.3 Å². The number of anilines is 1. The minimum Gasteiger partial charge on any atom is -0.392 e. The van der Waals surface area contributed by atoms with Crippen molar-refractivity contribution in [2.24, 2.45) is 0 Å². The highest BCUT2D eigenvalue weighted by molar-refractivity contribution is 7.17. The first-order valence-electron chi connectivity index (χ1n) is 7.54. The molecule has 1 saturated heterocycles. The van der Waals surface area contributed by atoms with Gasteiger partial charge in [0.2, 0.25) is 0 Å². The summed E-state index contributed by atoms with van der Waals surface area (Å²) in [5.74, 6) is 1.06. The number of fused-ring (bicyclic) bond motifs is 1. The third-order valence-electron chi connectivity index (χ3n) is 4.10. The molecule has 5 nitrogen and oxygen atoms in total. The van der Waals surface area contributed by atoms with E-state index in [0.717, 1.165) is 43.9 Å².